The molecule has 0 radical (unpaired) electrons. The van der Waals surface area contributed by atoms with Crippen LogP contribution in [0.1, 0.15) is 45.0 Å². The number of ketones is 1. The molecule has 84 valence electrons. The summed E-state index contributed by atoms with van der Waals surface area (Å²) in [6.07, 6.45) is 0.529. The number of anilines is 1. The molecule has 0 saturated carbocycles. The van der Waals surface area contributed by atoms with Crippen molar-refractivity contribution >= 4 is 11.5 Å². The maximum absolute atomic E-state index is 11.8. The van der Waals surface area contributed by atoms with E-state index in [1.165, 1.54) is 0 Å². The maximum atomic E-state index is 11.8. The molecule has 2 N–H and O–H groups in total. The molecule has 0 unspecified atom stereocenters. The van der Waals surface area contributed by atoms with Gasteiger partial charge >= 0.3 is 0 Å². The van der Waals surface area contributed by atoms with E-state index in [0.717, 1.165) is 0 Å². The fourth-order valence-corrected chi connectivity index (χ4v) is 1.33. The molecule has 0 aromatic heterocycles. The van der Waals surface area contributed by atoms with Crippen LogP contribution in [-0.2, 0) is 0 Å². The molecule has 0 heterocycles. The number of nitrogen functional groups attached to an aromatic ring is 1. The van der Waals surface area contributed by atoms with Crippen LogP contribution in [0.5, 0.6) is 0 Å². The second-order valence-corrected chi connectivity index (χ2v) is 4.75. The van der Waals surface area contributed by atoms with Crippen molar-refractivity contribution in [2.24, 2.45) is 5.41 Å². The van der Waals surface area contributed by atoms with Gasteiger partial charge in [0.15, 0.2) is 5.78 Å². The van der Waals surface area contributed by atoms with E-state index in [4.69, 9.17) is 5.73 Å². The fraction of sp³-hybridized carbons (Fsp3) is 0.462. The zero-order chi connectivity index (χ0) is 10.8. The lowest BCUT2D eigenvalue weighted by Gasteiger charge is -2.17. The average molecular weight is 207 g/mol. The average Bonchev–Trinajstić information content (AvgIpc) is 2.01. The van der Waals surface area contributed by atoms with Gasteiger partial charge in [-0.25, -0.2) is 0 Å². The van der Waals surface area contributed by atoms with Gasteiger partial charge in [0, 0.05) is 17.7 Å². The van der Waals surface area contributed by atoms with Gasteiger partial charge in [-0.3, -0.25) is 4.79 Å². The molecule has 1 aromatic rings. The van der Waals surface area contributed by atoms with Crippen molar-refractivity contribution in [3.63, 3.8) is 0 Å². The molecule has 1 rings (SSSR count). The Morgan fingerprint density at radius 1 is 1.27 bits per heavy atom. The van der Waals surface area contributed by atoms with Crippen LogP contribution in [0.25, 0.3) is 0 Å². The minimum atomic E-state index is 0. The van der Waals surface area contributed by atoms with Crippen molar-refractivity contribution in [1.82, 2.24) is 0 Å². The Balaban J connectivity index is 0.00000196. The smallest absolute Gasteiger partial charge is 0.165 e. The quantitative estimate of drug-likeness (QED) is 0.595. The first kappa shape index (κ1) is 13.7. The Hall–Kier alpha value is -1.31. The summed E-state index contributed by atoms with van der Waals surface area (Å²) in [5.74, 6) is 0.121. The number of carbonyl (C=O) groups excluding carboxylic acids is 1. The topological polar surface area (TPSA) is 43.1 Å². The predicted molar refractivity (Wildman–Crippen MR) is 66.0 cm³/mol. The zero-order valence-electron chi connectivity index (χ0n) is 9.00. The van der Waals surface area contributed by atoms with E-state index in [0.29, 0.717) is 17.7 Å². The lowest BCUT2D eigenvalue weighted by molar-refractivity contribution is 0.0941. The van der Waals surface area contributed by atoms with E-state index in [1.54, 1.807) is 12.1 Å². The van der Waals surface area contributed by atoms with Gasteiger partial charge in [-0.2, -0.15) is 0 Å². The Kier molecular flexibility index (Phi) is 4.53. The Labute approximate surface area is 92.5 Å². The van der Waals surface area contributed by atoms with E-state index in [2.05, 4.69) is 0 Å². The number of Topliss-reactive ketones (excluding diaryl/α,β-unsaturated/α-hetero) is 1. The molecule has 0 atom stereocenters. The number of carbonyl (C=O) groups is 1. The molecule has 1 aromatic carbocycles. The van der Waals surface area contributed by atoms with E-state index >= 15 is 0 Å². The van der Waals surface area contributed by atoms with Crippen LogP contribution in [0.2, 0.25) is 0 Å². The minimum Gasteiger partial charge on any atom is -0.398 e. The predicted octanol–water partition coefficient (Wildman–Crippen LogP) is 3.52. The number of hydrogen-bond donors (Lipinski definition) is 1. The number of benzene rings is 1. The first-order valence-electron chi connectivity index (χ1n) is 4.78. The second kappa shape index (κ2) is 4.96. The van der Waals surface area contributed by atoms with Crippen molar-refractivity contribution < 1.29 is 4.79 Å². The third-order valence-electron chi connectivity index (χ3n) is 1.95. The summed E-state index contributed by atoms with van der Waals surface area (Å²) in [6, 6.07) is 7.22. The summed E-state index contributed by atoms with van der Waals surface area (Å²) in [5.41, 5.74) is 6.94. The molecule has 0 aliphatic rings. The van der Waals surface area contributed by atoms with Crippen molar-refractivity contribution in [2.75, 3.05) is 5.73 Å². The molecular weight excluding hydrogens is 186 g/mol. The van der Waals surface area contributed by atoms with Crippen LogP contribution in [0, 0.1) is 5.41 Å². The molecule has 2 heteroatoms. The van der Waals surface area contributed by atoms with Gasteiger partial charge in [-0.1, -0.05) is 40.3 Å². The molecule has 0 fully saturated rings. The number of nitrogens with two attached hydrogens (primary N) is 1. The summed E-state index contributed by atoms with van der Waals surface area (Å²) in [7, 11) is 0. The first-order chi connectivity index (χ1) is 6.40. The van der Waals surface area contributed by atoms with Crippen LogP contribution in [0.4, 0.5) is 5.69 Å². The normalized spacial score (nSPS) is 10.6. The highest BCUT2D eigenvalue weighted by Crippen LogP contribution is 2.23. The highest BCUT2D eigenvalue weighted by molar-refractivity contribution is 6.00. The fourth-order valence-electron chi connectivity index (χ4n) is 1.33. The highest BCUT2D eigenvalue weighted by atomic mass is 16.1. The molecule has 0 aliphatic heterocycles. The monoisotopic (exact) mass is 207 g/mol. The Bertz CT molecular complexity index is 337. The van der Waals surface area contributed by atoms with Crippen LogP contribution in [0.15, 0.2) is 24.3 Å². The van der Waals surface area contributed by atoms with Gasteiger partial charge in [-0.05, 0) is 17.5 Å². The van der Waals surface area contributed by atoms with Crippen molar-refractivity contribution in [3.05, 3.63) is 29.8 Å². The maximum Gasteiger partial charge on any atom is 0.165 e. The molecular formula is C13H21NO. The van der Waals surface area contributed by atoms with Gasteiger partial charge in [0.05, 0.1) is 0 Å². The van der Waals surface area contributed by atoms with E-state index in [9.17, 15) is 4.79 Å². The summed E-state index contributed by atoms with van der Waals surface area (Å²) in [5, 5.41) is 0. The number of para-hydroxylation sites is 1. The molecule has 0 saturated heterocycles. The molecule has 2 nitrogen and oxygen atoms in total. The van der Waals surface area contributed by atoms with Crippen molar-refractivity contribution in [3.8, 4) is 0 Å². The lowest BCUT2D eigenvalue weighted by Crippen LogP contribution is -2.14. The van der Waals surface area contributed by atoms with Crippen LogP contribution >= 0.6 is 0 Å². The van der Waals surface area contributed by atoms with Crippen molar-refractivity contribution in [2.45, 2.75) is 34.6 Å². The summed E-state index contributed by atoms with van der Waals surface area (Å²) < 4.78 is 0. The van der Waals surface area contributed by atoms with Crippen LogP contribution in [0.3, 0.4) is 0 Å². The van der Waals surface area contributed by atoms with E-state index in [-0.39, 0.29) is 18.6 Å². The van der Waals surface area contributed by atoms with Gasteiger partial charge in [0.1, 0.15) is 0 Å². The van der Waals surface area contributed by atoms with Crippen LogP contribution < -0.4 is 5.73 Å². The lowest BCUT2D eigenvalue weighted by atomic mass is 9.87. The summed E-state index contributed by atoms with van der Waals surface area (Å²) in [6.45, 7) is 6.14. The van der Waals surface area contributed by atoms with Gasteiger partial charge in [0.25, 0.3) is 0 Å². The van der Waals surface area contributed by atoms with Crippen LogP contribution in [-0.4, -0.2) is 5.78 Å². The SMILES string of the molecule is C.CC(C)(C)CC(=O)c1ccccc1N. The second-order valence-electron chi connectivity index (χ2n) is 4.75. The minimum absolute atomic E-state index is 0. The molecule has 0 spiro atoms. The van der Waals surface area contributed by atoms with E-state index < -0.39 is 0 Å². The first-order valence-corrected chi connectivity index (χ1v) is 4.78. The largest absolute Gasteiger partial charge is 0.398 e. The Morgan fingerprint density at radius 2 is 1.80 bits per heavy atom. The third kappa shape index (κ3) is 4.15. The molecule has 15 heavy (non-hydrogen) atoms. The Morgan fingerprint density at radius 3 is 2.27 bits per heavy atom. The summed E-state index contributed by atoms with van der Waals surface area (Å²) in [4.78, 5) is 11.8. The molecule has 0 amide bonds. The highest BCUT2D eigenvalue weighted by Gasteiger charge is 2.18. The van der Waals surface area contributed by atoms with Gasteiger partial charge in [-0.15, -0.1) is 0 Å². The number of rotatable bonds is 2. The molecule has 0 aliphatic carbocycles. The van der Waals surface area contributed by atoms with E-state index in [1.807, 2.05) is 32.9 Å². The van der Waals surface area contributed by atoms with Crippen molar-refractivity contribution in [1.29, 1.82) is 0 Å². The summed E-state index contributed by atoms with van der Waals surface area (Å²) >= 11 is 0. The van der Waals surface area contributed by atoms with Gasteiger partial charge in [0.2, 0.25) is 0 Å². The standard InChI is InChI=1S/C12H17NO.CH4/c1-12(2,3)8-11(14)9-6-4-5-7-10(9)13;/h4-7H,8,13H2,1-3H3;1H4. The third-order valence-corrected chi connectivity index (χ3v) is 1.95. The zero-order valence-corrected chi connectivity index (χ0v) is 9.00. The van der Waals surface area contributed by atoms with Gasteiger partial charge < -0.3 is 5.73 Å². The number of hydrogen-bond acceptors (Lipinski definition) is 2. The molecule has 0 bridgehead atoms.